The minimum atomic E-state index is -0.254. The van der Waals surface area contributed by atoms with Gasteiger partial charge in [0.25, 0.3) is 0 Å². The van der Waals surface area contributed by atoms with Crippen molar-refractivity contribution in [2.45, 2.75) is 6.92 Å². The van der Waals surface area contributed by atoms with Gasteiger partial charge in [0.1, 0.15) is 11.5 Å². The number of hydrogen-bond donors (Lipinski definition) is 2. The largest absolute Gasteiger partial charge is 0.504 e. The molecule has 0 bridgehead atoms. The molecule has 0 saturated heterocycles. The van der Waals surface area contributed by atoms with E-state index in [1.165, 1.54) is 25.3 Å². The molecule has 0 atom stereocenters. The molecule has 120 valence electrons. The topological polar surface area (TPSA) is 76.0 Å². The Morgan fingerprint density at radius 2 is 1.91 bits per heavy atom. The Balaban J connectivity index is 2.26. The Hall–Kier alpha value is -2.95. The number of aromatic hydroxyl groups is 2. The molecule has 0 amide bonds. The van der Waals surface area contributed by atoms with Gasteiger partial charge in [-0.1, -0.05) is 12.1 Å². The number of phenolic OH excluding ortho intramolecular Hbond substituents is 2. The predicted octanol–water partition coefficient (Wildman–Crippen LogP) is 3.40. The molecule has 0 unspecified atom stereocenters. The zero-order chi connectivity index (χ0) is 16.8. The van der Waals surface area contributed by atoms with Gasteiger partial charge in [-0.05, 0) is 48.9 Å². The van der Waals surface area contributed by atoms with E-state index in [2.05, 4.69) is 0 Å². The van der Waals surface area contributed by atoms with Crippen LogP contribution < -0.4 is 9.47 Å². The van der Waals surface area contributed by atoms with Crippen LogP contribution in [0, 0.1) is 0 Å². The number of phenols is 2. The Labute approximate surface area is 134 Å². The van der Waals surface area contributed by atoms with Crippen LogP contribution in [0.3, 0.4) is 0 Å². The average Bonchev–Trinajstić information content (AvgIpc) is 2.56. The third-order valence-electron chi connectivity index (χ3n) is 3.17. The predicted molar refractivity (Wildman–Crippen MR) is 87.3 cm³/mol. The Kier molecular flexibility index (Phi) is 5.25. The molecule has 23 heavy (non-hydrogen) atoms. The van der Waals surface area contributed by atoms with Crippen LogP contribution in [0.15, 0.2) is 42.5 Å². The van der Waals surface area contributed by atoms with Crippen LogP contribution in [0.1, 0.15) is 22.8 Å². The molecule has 0 aromatic heterocycles. The first-order valence-corrected chi connectivity index (χ1v) is 7.10. The van der Waals surface area contributed by atoms with E-state index in [4.69, 9.17) is 9.47 Å². The normalized spacial score (nSPS) is 10.7. The van der Waals surface area contributed by atoms with E-state index in [1.807, 2.05) is 6.92 Å². The molecule has 2 aromatic carbocycles. The highest BCUT2D eigenvalue weighted by Crippen LogP contribution is 2.27. The van der Waals surface area contributed by atoms with Gasteiger partial charge in [0.2, 0.25) is 0 Å². The number of carbonyl (C=O) groups is 1. The van der Waals surface area contributed by atoms with E-state index < -0.39 is 0 Å². The average molecular weight is 314 g/mol. The van der Waals surface area contributed by atoms with Gasteiger partial charge in [-0.3, -0.25) is 4.79 Å². The second-order valence-corrected chi connectivity index (χ2v) is 4.74. The molecular weight excluding hydrogens is 296 g/mol. The van der Waals surface area contributed by atoms with Crippen molar-refractivity contribution in [1.82, 2.24) is 0 Å². The van der Waals surface area contributed by atoms with Gasteiger partial charge in [-0.25, -0.2) is 0 Å². The fourth-order valence-electron chi connectivity index (χ4n) is 2.04. The first-order chi connectivity index (χ1) is 11.0. The maximum Gasteiger partial charge on any atom is 0.189 e. The lowest BCUT2D eigenvalue weighted by atomic mass is 10.1. The van der Waals surface area contributed by atoms with Crippen LogP contribution in [0.4, 0.5) is 0 Å². The Bertz CT molecular complexity index is 734. The molecule has 0 spiro atoms. The summed E-state index contributed by atoms with van der Waals surface area (Å²) in [7, 11) is 1.49. The smallest absolute Gasteiger partial charge is 0.189 e. The van der Waals surface area contributed by atoms with Crippen molar-refractivity contribution in [3.8, 4) is 23.0 Å². The Morgan fingerprint density at radius 1 is 1.13 bits per heavy atom. The van der Waals surface area contributed by atoms with Gasteiger partial charge < -0.3 is 19.7 Å². The van der Waals surface area contributed by atoms with Gasteiger partial charge in [-0.15, -0.1) is 0 Å². The number of ketones is 1. The fourth-order valence-corrected chi connectivity index (χ4v) is 2.04. The zero-order valence-electron chi connectivity index (χ0n) is 12.9. The molecule has 0 heterocycles. The molecule has 0 aliphatic heterocycles. The number of benzene rings is 2. The lowest BCUT2D eigenvalue weighted by molar-refractivity contribution is 0.104. The number of ether oxygens (including phenoxy) is 2. The number of carbonyl (C=O) groups excluding carboxylic acids is 1. The first-order valence-electron chi connectivity index (χ1n) is 7.10. The van der Waals surface area contributed by atoms with Gasteiger partial charge in [0.15, 0.2) is 17.3 Å². The van der Waals surface area contributed by atoms with Crippen molar-refractivity contribution < 1.29 is 24.5 Å². The van der Waals surface area contributed by atoms with Crippen molar-refractivity contribution in [2.24, 2.45) is 0 Å². The summed E-state index contributed by atoms with van der Waals surface area (Å²) in [4.78, 5) is 12.4. The highest BCUT2D eigenvalue weighted by molar-refractivity contribution is 6.08. The molecule has 2 N–H and O–H groups in total. The van der Waals surface area contributed by atoms with Crippen molar-refractivity contribution >= 4 is 11.9 Å². The summed E-state index contributed by atoms with van der Waals surface area (Å²) in [6.07, 6.45) is 2.92. The van der Waals surface area contributed by atoms with Crippen LogP contribution >= 0.6 is 0 Å². The van der Waals surface area contributed by atoms with Gasteiger partial charge >= 0.3 is 0 Å². The summed E-state index contributed by atoms with van der Waals surface area (Å²) in [6, 6.07) is 9.36. The summed E-state index contributed by atoms with van der Waals surface area (Å²) in [5, 5.41) is 18.7. The van der Waals surface area contributed by atoms with Crippen molar-refractivity contribution in [3.63, 3.8) is 0 Å². The zero-order valence-corrected chi connectivity index (χ0v) is 12.9. The second-order valence-electron chi connectivity index (χ2n) is 4.74. The summed E-state index contributed by atoms with van der Waals surface area (Å²) < 4.78 is 10.6. The minimum absolute atomic E-state index is 0.209. The maximum atomic E-state index is 12.4. The van der Waals surface area contributed by atoms with E-state index in [0.717, 1.165) is 0 Å². The third-order valence-corrected chi connectivity index (χ3v) is 3.17. The van der Waals surface area contributed by atoms with Crippen molar-refractivity contribution in [3.05, 3.63) is 53.6 Å². The molecule has 2 rings (SSSR count). The van der Waals surface area contributed by atoms with Gasteiger partial charge in [-0.2, -0.15) is 0 Å². The number of rotatable bonds is 6. The quantitative estimate of drug-likeness (QED) is 0.485. The molecule has 0 saturated carbocycles. The summed E-state index contributed by atoms with van der Waals surface area (Å²) in [5.41, 5.74) is 0.978. The van der Waals surface area contributed by atoms with Crippen molar-refractivity contribution in [2.75, 3.05) is 13.7 Å². The molecule has 0 radical (unpaired) electrons. The first kappa shape index (κ1) is 16.4. The van der Waals surface area contributed by atoms with Crippen LogP contribution in [0.5, 0.6) is 23.0 Å². The summed E-state index contributed by atoms with van der Waals surface area (Å²) >= 11 is 0. The van der Waals surface area contributed by atoms with Crippen molar-refractivity contribution in [1.29, 1.82) is 0 Å². The fraction of sp³-hybridized carbons (Fsp3) is 0.167. The number of methoxy groups -OCH3 is 1. The molecule has 2 aromatic rings. The van der Waals surface area contributed by atoms with Crippen LogP contribution in [-0.4, -0.2) is 29.7 Å². The molecule has 0 aliphatic carbocycles. The summed E-state index contributed by atoms with van der Waals surface area (Å²) in [6.45, 7) is 2.37. The number of hydrogen-bond acceptors (Lipinski definition) is 5. The van der Waals surface area contributed by atoms with E-state index >= 15 is 0 Å². The van der Waals surface area contributed by atoms with E-state index in [-0.39, 0.29) is 17.3 Å². The minimum Gasteiger partial charge on any atom is -0.504 e. The second kappa shape index (κ2) is 7.35. The Morgan fingerprint density at radius 3 is 2.57 bits per heavy atom. The van der Waals surface area contributed by atoms with E-state index in [1.54, 1.807) is 30.3 Å². The highest BCUT2D eigenvalue weighted by Gasteiger charge is 2.11. The van der Waals surface area contributed by atoms with Gasteiger partial charge in [0, 0.05) is 0 Å². The maximum absolute atomic E-state index is 12.4. The lowest BCUT2D eigenvalue weighted by Crippen LogP contribution is -2.01. The molecule has 5 heteroatoms. The molecule has 0 fully saturated rings. The standard InChI is InChI=1S/C18H18O5/c1-3-23-13-6-9-18(22-2)14(11-13)15(19)7-4-12-5-8-16(20)17(21)10-12/h4-11,20-21H,3H2,1-2H3/b7-4+. The number of allylic oxidation sites excluding steroid dienone is 1. The molecule has 5 nitrogen and oxygen atoms in total. The molecule has 0 aliphatic rings. The van der Waals surface area contributed by atoms with Gasteiger partial charge in [0.05, 0.1) is 19.3 Å². The summed E-state index contributed by atoms with van der Waals surface area (Å²) in [5.74, 6) is 0.343. The third kappa shape index (κ3) is 4.03. The SMILES string of the molecule is CCOc1ccc(OC)c(C(=O)/C=C/c2ccc(O)c(O)c2)c1. The molecular formula is C18H18O5. The van der Waals surface area contributed by atoms with E-state index in [0.29, 0.717) is 29.2 Å². The highest BCUT2D eigenvalue weighted by atomic mass is 16.5. The van der Waals surface area contributed by atoms with E-state index in [9.17, 15) is 15.0 Å². The van der Waals surface area contributed by atoms with Crippen LogP contribution in [0.25, 0.3) is 6.08 Å². The van der Waals surface area contributed by atoms with Crippen LogP contribution in [-0.2, 0) is 0 Å². The van der Waals surface area contributed by atoms with Crippen LogP contribution in [0.2, 0.25) is 0 Å². The monoisotopic (exact) mass is 314 g/mol. The lowest BCUT2D eigenvalue weighted by Gasteiger charge is -2.09.